The van der Waals surface area contributed by atoms with E-state index in [-0.39, 0.29) is 35.1 Å². The van der Waals surface area contributed by atoms with E-state index in [1.54, 1.807) is 0 Å². The zero-order valence-corrected chi connectivity index (χ0v) is 31.9. The molecule has 9 aromatic carbocycles. The molecule has 0 saturated heterocycles. The summed E-state index contributed by atoms with van der Waals surface area (Å²) in [6.45, 7) is 4.60. The number of fused-ring (bicyclic) bond motifs is 11. The van der Waals surface area contributed by atoms with Crippen LogP contribution >= 0.6 is 0 Å². The first-order valence-corrected chi connectivity index (χ1v) is 19.7. The molecule has 0 radical (unpaired) electrons. The van der Waals surface area contributed by atoms with Crippen molar-refractivity contribution in [3.05, 3.63) is 205 Å². The van der Waals surface area contributed by atoms with Crippen LogP contribution in [0.4, 0.5) is 17.1 Å². The number of rotatable bonds is 5. The number of furan rings is 1. The molecule has 0 atom stereocenters. The van der Waals surface area contributed by atoms with Crippen molar-refractivity contribution >= 4 is 71.6 Å². The molecule has 0 spiro atoms. The minimum atomic E-state index is -0.415. The lowest BCUT2D eigenvalue weighted by Gasteiger charge is -2.30. The van der Waals surface area contributed by atoms with Crippen molar-refractivity contribution in [3.63, 3.8) is 0 Å². The van der Waals surface area contributed by atoms with Gasteiger partial charge >= 0.3 is 0 Å². The van der Waals surface area contributed by atoms with Crippen LogP contribution < -0.4 is 4.90 Å². The highest BCUT2D eigenvalue weighted by Gasteiger charge is 2.39. The van der Waals surface area contributed by atoms with Crippen LogP contribution in [0.15, 0.2) is 198 Å². The number of aromatic nitrogens is 1. The summed E-state index contributed by atoms with van der Waals surface area (Å²) < 4.78 is 52.7. The quantitative estimate of drug-likeness (QED) is 0.175. The van der Waals surface area contributed by atoms with Gasteiger partial charge in [-0.2, -0.15) is 0 Å². The van der Waals surface area contributed by atoms with Gasteiger partial charge in [0, 0.05) is 43.7 Å². The number of hydrogen-bond donors (Lipinski definition) is 0. The van der Waals surface area contributed by atoms with Crippen molar-refractivity contribution < 1.29 is 11.3 Å². The van der Waals surface area contributed by atoms with Crippen LogP contribution in [-0.2, 0) is 5.41 Å². The first kappa shape index (κ1) is 28.1. The minimum absolute atomic E-state index is 0.169. The van der Waals surface area contributed by atoms with Crippen molar-refractivity contribution in [2.75, 3.05) is 4.90 Å². The Morgan fingerprint density at radius 1 is 0.534 bits per heavy atom. The molecule has 0 N–H and O–H groups in total. The molecule has 58 heavy (non-hydrogen) atoms. The average Bonchev–Trinajstić information content (AvgIpc) is 3.94. The van der Waals surface area contributed by atoms with E-state index in [1.165, 1.54) is 22.3 Å². The number of hydrogen-bond acceptors (Lipinski definition) is 2. The van der Waals surface area contributed by atoms with Gasteiger partial charge in [-0.15, -0.1) is 0 Å². The molecule has 0 bridgehead atoms. The molecule has 0 unspecified atom stereocenters. The molecule has 0 fully saturated rings. The van der Waals surface area contributed by atoms with Gasteiger partial charge in [0.1, 0.15) is 5.58 Å². The van der Waals surface area contributed by atoms with Crippen LogP contribution in [0, 0.1) is 0 Å². The topological polar surface area (TPSA) is 21.3 Å². The third kappa shape index (κ3) is 4.62. The number of nitrogens with zero attached hydrogens (tertiary/aromatic N) is 2. The molecule has 3 heteroatoms. The third-order valence-corrected chi connectivity index (χ3v) is 12.3. The van der Waals surface area contributed by atoms with Gasteiger partial charge in [-0.3, -0.25) is 0 Å². The van der Waals surface area contributed by atoms with E-state index < -0.39 is 6.04 Å². The summed E-state index contributed by atoms with van der Waals surface area (Å²) >= 11 is 0. The summed E-state index contributed by atoms with van der Waals surface area (Å²) in [7, 11) is 0. The van der Waals surface area contributed by atoms with Crippen molar-refractivity contribution in [1.29, 1.82) is 0 Å². The van der Waals surface area contributed by atoms with E-state index in [2.05, 4.69) is 139 Å². The predicted octanol–water partition coefficient (Wildman–Crippen LogP) is 15.3. The maximum atomic E-state index is 8.97. The van der Waals surface area contributed by atoms with Gasteiger partial charge in [-0.1, -0.05) is 153 Å². The van der Waals surface area contributed by atoms with E-state index in [9.17, 15) is 0 Å². The summed E-state index contributed by atoms with van der Waals surface area (Å²) in [6.07, 6.45) is 0. The SMILES string of the molecule is [2H]c1c([2H])c([2H])c(-c2ccc(N(c3ccc4c(c3)c3ccccc3n4-c3ccccc3)c3cc4c(c5c3oc3ccccc35)-c3ccccc3C4(C)C)c3ccccc23)c([2H])c1[2H]. The normalized spacial score (nSPS) is 14.3. The van der Waals surface area contributed by atoms with Crippen molar-refractivity contribution in [2.24, 2.45) is 0 Å². The summed E-state index contributed by atoms with van der Waals surface area (Å²) in [4.78, 5) is 2.30. The summed E-state index contributed by atoms with van der Waals surface area (Å²) in [5, 5.41) is 5.92. The highest BCUT2D eigenvalue weighted by Crippen LogP contribution is 2.57. The smallest absolute Gasteiger partial charge is 0.160 e. The first-order chi connectivity index (χ1) is 30.6. The first-order valence-electron chi connectivity index (χ1n) is 22.2. The Hall–Kier alpha value is -7.36. The summed E-state index contributed by atoms with van der Waals surface area (Å²) in [5.41, 5.74) is 12.7. The van der Waals surface area contributed by atoms with Crippen molar-refractivity contribution in [3.8, 4) is 27.9 Å². The zero-order chi connectivity index (χ0) is 42.9. The lowest BCUT2D eigenvalue weighted by Crippen LogP contribution is -2.17. The van der Waals surface area contributed by atoms with Gasteiger partial charge in [-0.05, 0) is 93.4 Å². The van der Waals surface area contributed by atoms with Gasteiger partial charge in [0.15, 0.2) is 5.58 Å². The molecule has 0 saturated carbocycles. The van der Waals surface area contributed by atoms with E-state index >= 15 is 0 Å². The Labute approximate surface area is 343 Å². The van der Waals surface area contributed by atoms with Crippen LogP contribution in [-0.4, -0.2) is 4.57 Å². The molecule has 1 aliphatic carbocycles. The molecule has 0 aliphatic heterocycles. The molecular weight excluding hydrogens is 705 g/mol. The second-order valence-corrected chi connectivity index (χ2v) is 15.7. The lowest BCUT2D eigenvalue weighted by atomic mass is 9.82. The van der Waals surface area contributed by atoms with Crippen LogP contribution in [0.1, 0.15) is 31.8 Å². The minimum Gasteiger partial charge on any atom is -0.454 e. The number of anilines is 3. The maximum absolute atomic E-state index is 8.97. The lowest BCUT2D eigenvalue weighted by molar-refractivity contribution is 0.657. The average molecular weight is 748 g/mol. The van der Waals surface area contributed by atoms with Crippen LogP contribution in [0.25, 0.3) is 82.5 Å². The Kier molecular flexibility index (Phi) is 5.97. The van der Waals surface area contributed by atoms with Crippen LogP contribution in [0.2, 0.25) is 0 Å². The third-order valence-electron chi connectivity index (χ3n) is 12.3. The van der Waals surface area contributed by atoms with Crippen LogP contribution in [0.3, 0.4) is 0 Å². The standard InChI is InChI=1S/C55H38N2O/c1-55(2)45-26-14-11-24-42(45)52-46(55)34-50(54-53(52)43-25-13-16-28-51(43)58-54)57(48-32-30-38(35-17-5-3-6-18-35)39-21-9-10-22-40(39)48)37-29-31-49-44(33-37)41-23-12-15-27-47(41)56(49)36-19-7-4-8-20-36/h3-34H,1-2H3/i3D,5D,6D,17D,18D. The molecule has 2 aromatic heterocycles. The van der Waals surface area contributed by atoms with Gasteiger partial charge in [0.25, 0.3) is 0 Å². The molecule has 274 valence electrons. The molecular formula is C55H38N2O. The second kappa shape index (κ2) is 12.3. The van der Waals surface area contributed by atoms with Gasteiger partial charge in [-0.25, -0.2) is 0 Å². The highest BCUT2D eigenvalue weighted by atomic mass is 16.3. The molecule has 2 heterocycles. The highest BCUT2D eigenvalue weighted by molar-refractivity contribution is 6.20. The Bertz CT molecular complexity index is 3710. The van der Waals surface area contributed by atoms with E-state index in [0.29, 0.717) is 5.56 Å². The van der Waals surface area contributed by atoms with Crippen molar-refractivity contribution in [1.82, 2.24) is 4.57 Å². The number of benzene rings is 9. The van der Waals surface area contributed by atoms with Gasteiger partial charge < -0.3 is 13.9 Å². The maximum Gasteiger partial charge on any atom is 0.160 e. The zero-order valence-electron chi connectivity index (χ0n) is 36.9. The Morgan fingerprint density at radius 2 is 1.22 bits per heavy atom. The number of para-hydroxylation sites is 3. The van der Waals surface area contributed by atoms with Crippen LogP contribution in [0.5, 0.6) is 0 Å². The van der Waals surface area contributed by atoms with E-state index in [4.69, 9.17) is 11.3 Å². The fraction of sp³-hybridized carbons (Fsp3) is 0.0545. The fourth-order valence-corrected chi connectivity index (χ4v) is 9.66. The van der Waals surface area contributed by atoms with E-state index in [1.807, 2.05) is 48.5 Å². The molecule has 0 amide bonds. The Morgan fingerprint density at radius 3 is 2.07 bits per heavy atom. The van der Waals surface area contributed by atoms with Crippen molar-refractivity contribution in [2.45, 2.75) is 19.3 Å². The van der Waals surface area contributed by atoms with E-state index in [0.717, 1.165) is 77.3 Å². The molecule has 1 aliphatic rings. The predicted molar refractivity (Wildman–Crippen MR) is 243 cm³/mol. The fourth-order valence-electron chi connectivity index (χ4n) is 9.66. The summed E-state index contributed by atoms with van der Waals surface area (Å²) in [5.74, 6) is 0. The molecule has 11 aromatic rings. The van der Waals surface area contributed by atoms with Gasteiger partial charge in [0.05, 0.1) is 29.3 Å². The summed E-state index contributed by atoms with van der Waals surface area (Å²) in [6, 6.07) is 55.2. The Balaban J connectivity index is 1.21. The monoisotopic (exact) mass is 747 g/mol. The van der Waals surface area contributed by atoms with Gasteiger partial charge in [0.2, 0.25) is 0 Å². The largest absolute Gasteiger partial charge is 0.454 e. The molecule has 3 nitrogen and oxygen atoms in total. The molecule has 12 rings (SSSR count). The second-order valence-electron chi connectivity index (χ2n) is 15.7.